The second kappa shape index (κ2) is 3.91. The van der Waals surface area contributed by atoms with Crippen molar-refractivity contribution in [1.82, 2.24) is 0 Å². The molecule has 1 unspecified atom stereocenters. The van der Waals surface area contributed by atoms with Gasteiger partial charge in [-0.15, -0.1) is 11.8 Å². The standard InChI is InChI=1S/C6H12O5S/c7-2-1-12-6(11)5(10)4(9)3(2)8/h2-11H,1H2/t2-,3+,4+,5-,6?/m1/s1. The highest BCUT2D eigenvalue weighted by Crippen LogP contribution is 2.23. The molecule has 0 aromatic heterocycles. The molecule has 1 fully saturated rings. The van der Waals surface area contributed by atoms with Crippen LogP contribution in [0.1, 0.15) is 0 Å². The molecule has 1 aliphatic rings. The molecule has 12 heavy (non-hydrogen) atoms. The molecule has 0 radical (unpaired) electrons. The first-order chi connectivity index (χ1) is 5.54. The average Bonchev–Trinajstić information content (AvgIpc) is 2.14. The van der Waals surface area contributed by atoms with Crippen LogP contribution in [-0.4, -0.2) is 61.1 Å². The Labute approximate surface area is 73.7 Å². The van der Waals surface area contributed by atoms with E-state index in [1.807, 2.05) is 0 Å². The van der Waals surface area contributed by atoms with Crippen LogP contribution in [-0.2, 0) is 0 Å². The molecule has 0 aromatic rings. The van der Waals surface area contributed by atoms with Crippen LogP contribution in [0.4, 0.5) is 0 Å². The van der Waals surface area contributed by atoms with Crippen LogP contribution in [0.15, 0.2) is 0 Å². The molecule has 0 bridgehead atoms. The minimum atomic E-state index is -1.50. The summed E-state index contributed by atoms with van der Waals surface area (Å²) in [6, 6.07) is 0. The summed E-state index contributed by atoms with van der Waals surface area (Å²) < 4.78 is 0. The highest BCUT2D eigenvalue weighted by molar-refractivity contribution is 7.99. The predicted octanol–water partition coefficient (Wildman–Crippen LogP) is -2.50. The van der Waals surface area contributed by atoms with Crippen molar-refractivity contribution in [1.29, 1.82) is 0 Å². The fourth-order valence-electron chi connectivity index (χ4n) is 0.993. The molecule has 6 heteroatoms. The molecule has 1 rings (SSSR count). The first kappa shape index (κ1) is 10.2. The van der Waals surface area contributed by atoms with E-state index in [-0.39, 0.29) is 5.75 Å². The van der Waals surface area contributed by atoms with Gasteiger partial charge in [-0.25, -0.2) is 0 Å². The monoisotopic (exact) mass is 196 g/mol. The third-order valence-corrected chi connectivity index (χ3v) is 2.98. The van der Waals surface area contributed by atoms with Crippen molar-refractivity contribution < 1.29 is 25.5 Å². The van der Waals surface area contributed by atoms with Crippen LogP contribution >= 0.6 is 11.8 Å². The Morgan fingerprint density at radius 2 is 1.42 bits per heavy atom. The molecule has 5 atom stereocenters. The largest absolute Gasteiger partial charge is 0.389 e. The second-order valence-corrected chi connectivity index (χ2v) is 3.91. The van der Waals surface area contributed by atoms with Crippen molar-refractivity contribution in [3.63, 3.8) is 0 Å². The second-order valence-electron chi connectivity index (χ2n) is 2.76. The zero-order chi connectivity index (χ0) is 9.30. The number of aliphatic hydroxyl groups excluding tert-OH is 5. The van der Waals surface area contributed by atoms with Gasteiger partial charge in [0.15, 0.2) is 0 Å². The van der Waals surface area contributed by atoms with Crippen molar-refractivity contribution in [2.24, 2.45) is 0 Å². The van der Waals surface area contributed by atoms with E-state index in [0.717, 1.165) is 11.8 Å². The normalized spacial score (nSPS) is 50.2. The molecule has 1 heterocycles. The lowest BCUT2D eigenvalue weighted by Crippen LogP contribution is -2.45. The molecule has 0 aromatic carbocycles. The predicted molar refractivity (Wildman–Crippen MR) is 42.5 cm³/mol. The lowest BCUT2D eigenvalue weighted by atomic mass is 10.1. The fourth-order valence-corrected chi connectivity index (χ4v) is 1.94. The van der Waals surface area contributed by atoms with E-state index in [2.05, 4.69) is 0 Å². The van der Waals surface area contributed by atoms with E-state index in [1.54, 1.807) is 0 Å². The Kier molecular flexibility index (Phi) is 3.33. The molecule has 0 aliphatic carbocycles. The van der Waals surface area contributed by atoms with E-state index >= 15 is 0 Å². The van der Waals surface area contributed by atoms with E-state index in [1.165, 1.54) is 0 Å². The maximum Gasteiger partial charge on any atom is 0.128 e. The Balaban J connectivity index is 2.68. The van der Waals surface area contributed by atoms with Gasteiger partial charge >= 0.3 is 0 Å². The molecule has 5 nitrogen and oxygen atoms in total. The van der Waals surface area contributed by atoms with Crippen LogP contribution in [0, 0.1) is 0 Å². The number of rotatable bonds is 0. The molecule has 72 valence electrons. The number of hydrogen-bond acceptors (Lipinski definition) is 6. The van der Waals surface area contributed by atoms with Crippen molar-refractivity contribution in [3.8, 4) is 0 Å². The Morgan fingerprint density at radius 3 is 2.00 bits per heavy atom. The number of hydrogen-bond donors (Lipinski definition) is 5. The van der Waals surface area contributed by atoms with Gasteiger partial charge in [0.1, 0.15) is 23.7 Å². The van der Waals surface area contributed by atoms with Gasteiger partial charge in [0, 0.05) is 5.75 Å². The van der Waals surface area contributed by atoms with Gasteiger partial charge in [-0.05, 0) is 0 Å². The SMILES string of the molecule is OC1SC[C@@H](O)[C@H](O)[C@H](O)[C@H]1O. The number of aliphatic hydroxyl groups is 5. The zero-order valence-corrected chi connectivity index (χ0v) is 7.05. The van der Waals surface area contributed by atoms with Gasteiger partial charge < -0.3 is 25.5 Å². The zero-order valence-electron chi connectivity index (χ0n) is 6.24. The highest BCUT2D eigenvalue weighted by atomic mass is 32.2. The molecular formula is C6H12O5S. The van der Waals surface area contributed by atoms with Crippen LogP contribution in [0.5, 0.6) is 0 Å². The summed E-state index contributed by atoms with van der Waals surface area (Å²) in [4.78, 5) is 0. The third-order valence-electron chi connectivity index (χ3n) is 1.82. The van der Waals surface area contributed by atoms with Crippen molar-refractivity contribution in [2.75, 3.05) is 5.75 Å². The topological polar surface area (TPSA) is 101 Å². The first-order valence-corrected chi connectivity index (χ1v) is 4.61. The van der Waals surface area contributed by atoms with E-state index in [4.69, 9.17) is 25.5 Å². The first-order valence-electron chi connectivity index (χ1n) is 3.56. The van der Waals surface area contributed by atoms with Crippen LogP contribution < -0.4 is 0 Å². The maximum atomic E-state index is 9.13. The molecule has 0 amide bonds. The maximum absolute atomic E-state index is 9.13. The van der Waals surface area contributed by atoms with Gasteiger partial charge in [0.05, 0.1) is 6.10 Å². The van der Waals surface area contributed by atoms with Crippen molar-refractivity contribution >= 4 is 11.8 Å². The van der Waals surface area contributed by atoms with E-state index in [0.29, 0.717) is 0 Å². The van der Waals surface area contributed by atoms with E-state index in [9.17, 15) is 0 Å². The van der Waals surface area contributed by atoms with Gasteiger partial charge in [0.2, 0.25) is 0 Å². The van der Waals surface area contributed by atoms with Gasteiger partial charge in [-0.2, -0.15) is 0 Å². The third kappa shape index (κ3) is 1.90. The summed E-state index contributed by atoms with van der Waals surface area (Å²) in [5.41, 5.74) is -1.16. The lowest BCUT2D eigenvalue weighted by Gasteiger charge is -2.22. The lowest BCUT2D eigenvalue weighted by molar-refractivity contribution is -0.110. The molecule has 0 spiro atoms. The number of thioether (sulfide) groups is 1. The summed E-state index contributed by atoms with van der Waals surface area (Å²) >= 11 is 0.898. The Hall–Kier alpha value is 0.150. The molecule has 5 N–H and O–H groups in total. The van der Waals surface area contributed by atoms with Gasteiger partial charge in [0.25, 0.3) is 0 Å². The van der Waals surface area contributed by atoms with E-state index < -0.39 is 29.9 Å². The Morgan fingerprint density at radius 1 is 0.833 bits per heavy atom. The van der Waals surface area contributed by atoms with Crippen LogP contribution in [0.25, 0.3) is 0 Å². The van der Waals surface area contributed by atoms with Gasteiger partial charge in [-0.1, -0.05) is 0 Å². The smallest absolute Gasteiger partial charge is 0.128 e. The summed E-state index contributed by atoms with van der Waals surface area (Å²) in [6.45, 7) is 0. The fraction of sp³-hybridized carbons (Fsp3) is 1.00. The van der Waals surface area contributed by atoms with Crippen molar-refractivity contribution in [2.45, 2.75) is 29.9 Å². The minimum absolute atomic E-state index is 0.0937. The summed E-state index contributed by atoms with van der Waals surface area (Å²) in [5.74, 6) is 0.0937. The summed E-state index contributed by atoms with van der Waals surface area (Å²) in [6.07, 6.45) is -5.42. The summed E-state index contributed by atoms with van der Waals surface area (Å²) in [7, 11) is 0. The van der Waals surface area contributed by atoms with Crippen LogP contribution in [0.3, 0.4) is 0 Å². The molecule has 0 saturated carbocycles. The molecule has 1 saturated heterocycles. The quantitative estimate of drug-likeness (QED) is 0.293. The molecule has 1 aliphatic heterocycles. The van der Waals surface area contributed by atoms with Crippen molar-refractivity contribution in [3.05, 3.63) is 0 Å². The average molecular weight is 196 g/mol. The summed E-state index contributed by atoms with van der Waals surface area (Å²) in [5, 5.41) is 45.6. The Bertz CT molecular complexity index is 139. The van der Waals surface area contributed by atoms with Gasteiger partial charge in [-0.3, -0.25) is 0 Å². The molecular weight excluding hydrogens is 184 g/mol. The van der Waals surface area contributed by atoms with Crippen LogP contribution in [0.2, 0.25) is 0 Å². The highest BCUT2D eigenvalue weighted by Gasteiger charge is 2.38. The minimum Gasteiger partial charge on any atom is -0.389 e.